The first-order valence-corrected chi connectivity index (χ1v) is 14.2. The maximum absolute atomic E-state index is 12.4. The number of methoxy groups -OCH3 is 1. The highest BCUT2D eigenvalue weighted by molar-refractivity contribution is 5.92. The van der Waals surface area contributed by atoms with Crippen molar-refractivity contribution < 1.29 is 28.5 Å². The van der Waals surface area contributed by atoms with Crippen LogP contribution in [0.5, 0.6) is 23.0 Å². The summed E-state index contributed by atoms with van der Waals surface area (Å²) in [6.45, 7) is 0.217. The summed E-state index contributed by atoms with van der Waals surface area (Å²) in [7, 11) is 1.56. The van der Waals surface area contributed by atoms with Crippen LogP contribution in [0.15, 0.2) is 79.0 Å². The maximum Gasteiger partial charge on any atom is 0.323 e. The van der Waals surface area contributed by atoms with Crippen molar-refractivity contribution in [1.82, 2.24) is 4.98 Å². The Balaban J connectivity index is 1.20. The fourth-order valence-corrected chi connectivity index (χ4v) is 4.88. The molecule has 4 aromatic rings. The average Bonchev–Trinajstić information content (AvgIpc) is 3.51. The van der Waals surface area contributed by atoms with Gasteiger partial charge in [0.25, 0.3) is 0 Å². The molecule has 1 aliphatic rings. The summed E-state index contributed by atoms with van der Waals surface area (Å²) in [5.41, 5.74) is 8.33. The van der Waals surface area contributed by atoms with E-state index < -0.39 is 6.04 Å². The Labute approximate surface area is 244 Å². The number of nitrogens with one attached hydrogen (secondary N) is 1. The van der Waals surface area contributed by atoms with Gasteiger partial charge >= 0.3 is 5.97 Å². The fraction of sp³-hybridized carbons (Fsp3) is 0.303. The van der Waals surface area contributed by atoms with E-state index in [1.54, 1.807) is 25.4 Å². The number of aromatic nitrogens is 1. The third-order valence-corrected chi connectivity index (χ3v) is 7.13. The molecule has 3 N–H and O–H groups in total. The van der Waals surface area contributed by atoms with Crippen molar-refractivity contribution in [1.29, 1.82) is 0 Å². The number of para-hydroxylation sites is 1. The molecule has 218 valence electrons. The van der Waals surface area contributed by atoms with E-state index in [0.29, 0.717) is 34.9 Å². The van der Waals surface area contributed by atoms with Gasteiger partial charge in [0.05, 0.1) is 25.7 Å². The molecule has 1 aliphatic carbocycles. The number of hydrogen-bond acceptors (Lipinski definition) is 8. The number of fused-ring (bicyclic) bond motifs is 1. The molecule has 1 aromatic heterocycles. The monoisotopic (exact) mass is 569 g/mol. The van der Waals surface area contributed by atoms with E-state index >= 15 is 0 Å². The fourth-order valence-electron chi connectivity index (χ4n) is 4.88. The van der Waals surface area contributed by atoms with Gasteiger partial charge in [-0.3, -0.25) is 14.6 Å². The van der Waals surface area contributed by atoms with Gasteiger partial charge in [0.1, 0.15) is 23.6 Å². The molecule has 3 aromatic carbocycles. The van der Waals surface area contributed by atoms with Crippen molar-refractivity contribution in [2.24, 2.45) is 5.73 Å². The van der Waals surface area contributed by atoms with E-state index in [-0.39, 0.29) is 31.0 Å². The first-order chi connectivity index (χ1) is 20.5. The smallest absolute Gasteiger partial charge is 0.323 e. The van der Waals surface area contributed by atoms with Gasteiger partial charge in [0, 0.05) is 29.8 Å². The van der Waals surface area contributed by atoms with Crippen LogP contribution >= 0.6 is 0 Å². The van der Waals surface area contributed by atoms with Gasteiger partial charge < -0.3 is 30.0 Å². The number of amides is 1. The van der Waals surface area contributed by atoms with Crippen LogP contribution < -0.4 is 25.3 Å². The van der Waals surface area contributed by atoms with E-state index in [9.17, 15) is 9.59 Å². The summed E-state index contributed by atoms with van der Waals surface area (Å²) in [5, 5.41) is 3.63. The molecular weight excluding hydrogens is 534 g/mol. The second-order valence-corrected chi connectivity index (χ2v) is 10.3. The SMILES string of the molecule is COc1cc2c(Oc3ccc(CC(=O)Nc4ccccc4)cc3)ccnc2cc1OCCC(N)C(=O)OC1CCCC1. The lowest BCUT2D eigenvalue weighted by Crippen LogP contribution is -2.35. The minimum absolute atomic E-state index is 0.0168. The molecule has 5 rings (SSSR count). The van der Waals surface area contributed by atoms with Gasteiger partial charge in [-0.15, -0.1) is 0 Å². The van der Waals surface area contributed by atoms with Crippen molar-refractivity contribution in [2.75, 3.05) is 19.0 Å². The number of esters is 1. The molecule has 0 bridgehead atoms. The second-order valence-electron chi connectivity index (χ2n) is 10.3. The summed E-state index contributed by atoms with van der Waals surface area (Å²) in [6, 6.07) is 21.4. The third-order valence-electron chi connectivity index (χ3n) is 7.13. The molecule has 0 radical (unpaired) electrons. The number of carbonyl (C=O) groups is 2. The minimum atomic E-state index is -0.750. The van der Waals surface area contributed by atoms with Crippen LogP contribution in [0.3, 0.4) is 0 Å². The topological polar surface area (TPSA) is 122 Å². The van der Waals surface area contributed by atoms with Gasteiger partial charge in [0.15, 0.2) is 11.5 Å². The van der Waals surface area contributed by atoms with Gasteiger partial charge in [-0.05, 0) is 67.6 Å². The zero-order valence-corrected chi connectivity index (χ0v) is 23.6. The van der Waals surface area contributed by atoms with Crippen molar-refractivity contribution in [3.8, 4) is 23.0 Å². The number of hydrogen-bond donors (Lipinski definition) is 2. The highest BCUT2D eigenvalue weighted by atomic mass is 16.5. The van der Waals surface area contributed by atoms with Crippen LogP contribution in [0.4, 0.5) is 5.69 Å². The molecule has 1 amide bonds. The Bertz CT molecular complexity index is 1500. The lowest BCUT2D eigenvalue weighted by atomic mass is 10.1. The van der Waals surface area contributed by atoms with E-state index in [4.69, 9.17) is 24.7 Å². The lowest BCUT2D eigenvalue weighted by Gasteiger charge is -2.17. The van der Waals surface area contributed by atoms with Crippen LogP contribution in [0.25, 0.3) is 10.9 Å². The first-order valence-electron chi connectivity index (χ1n) is 14.2. The predicted molar refractivity (Wildman–Crippen MR) is 160 cm³/mol. The third kappa shape index (κ3) is 7.55. The molecule has 1 atom stereocenters. The van der Waals surface area contributed by atoms with Gasteiger partial charge in [-0.2, -0.15) is 0 Å². The Hall–Kier alpha value is -4.63. The number of nitrogens with two attached hydrogens (primary N) is 1. The van der Waals surface area contributed by atoms with E-state index in [0.717, 1.165) is 42.3 Å². The second kappa shape index (κ2) is 13.8. The number of ether oxygens (including phenoxy) is 4. The number of rotatable bonds is 12. The first kappa shape index (κ1) is 28.9. The summed E-state index contributed by atoms with van der Waals surface area (Å²) < 4.78 is 23.2. The zero-order chi connectivity index (χ0) is 29.3. The van der Waals surface area contributed by atoms with Gasteiger partial charge in [-0.25, -0.2) is 0 Å². The minimum Gasteiger partial charge on any atom is -0.493 e. The Morgan fingerprint density at radius 1 is 0.976 bits per heavy atom. The summed E-state index contributed by atoms with van der Waals surface area (Å²) in [4.78, 5) is 29.1. The van der Waals surface area contributed by atoms with Crippen LogP contribution in [0, 0.1) is 0 Å². The van der Waals surface area contributed by atoms with Crippen LogP contribution in [0.1, 0.15) is 37.7 Å². The van der Waals surface area contributed by atoms with Crippen molar-refractivity contribution >= 4 is 28.5 Å². The van der Waals surface area contributed by atoms with Crippen molar-refractivity contribution in [3.05, 3.63) is 84.6 Å². The highest BCUT2D eigenvalue weighted by Gasteiger charge is 2.23. The number of carbonyl (C=O) groups excluding carboxylic acids is 2. The number of pyridine rings is 1. The Morgan fingerprint density at radius 2 is 1.74 bits per heavy atom. The van der Waals surface area contributed by atoms with Gasteiger partial charge in [-0.1, -0.05) is 30.3 Å². The Morgan fingerprint density at radius 3 is 2.48 bits per heavy atom. The van der Waals surface area contributed by atoms with Crippen LogP contribution in [-0.2, 0) is 20.7 Å². The quantitative estimate of drug-likeness (QED) is 0.205. The van der Waals surface area contributed by atoms with Crippen molar-refractivity contribution in [2.45, 2.75) is 50.7 Å². The zero-order valence-electron chi connectivity index (χ0n) is 23.6. The molecule has 0 saturated heterocycles. The predicted octanol–water partition coefficient (Wildman–Crippen LogP) is 5.80. The molecule has 1 saturated carbocycles. The molecule has 0 aliphatic heterocycles. The Kier molecular flexibility index (Phi) is 9.51. The van der Waals surface area contributed by atoms with E-state index in [1.165, 1.54) is 0 Å². The molecule has 1 heterocycles. The van der Waals surface area contributed by atoms with Gasteiger partial charge in [0.2, 0.25) is 5.91 Å². The highest BCUT2D eigenvalue weighted by Crippen LogP contribution is 2.37. The maximum atomic E-state index is 12.4. The van der Waals surface area contributed by atoms with E-state index in [1.807, 2.05) is 60.7 Å². The largest absolute Gasteiger partial charge is 0.493 e. The molecule has 1 unspecified atom stereocenters. The standard InChI is InChI=1S/C33H35N3O6/c1-39-30-20-26-28(21-31(30)40-18-16-27(34)33(38)42-24-9-5-6-10-24)35-17-15-29(26)41-25-13-11-22(12-14-25)19-32(37)36-23-7-3-2-4-8-23/h2-4,7-8,11-15,17,20-21,24,27H,5-6,9-10,16,18-19,34H2,1H3,(H,36,37). The molecule has 42 heavy (non-hydrogen) atoms. The number of nitrogens with zero attached hydrogens (tertiary/aromatic N) is 1. The van der Waals surface area contributed by atoms with E-state index in [2.05, 4.69) is 10.3 Å². The summed E-state index contributed by atoms with van der Waals surface area (Å²) in [6.07, 6.45) is 6.18. The molecular formula is C33H35N3O6. The number of benzene rings is 3. The van der Waals surface area contributed by atoms with Crippen LogP contribution in [-0.4, -0.2) is 42.7 Å². The van der Waals surface area contributed by atoms with Crippen LogP contribution in [0.2, 0.25) is 0 Å². The average molecular weight is 570 g/mol. The normalized spacial score (nSPS) is 13.9. The van der Waals surface area contributed by atoms with Crippen molar-refractivity contribution in [3.63, 3.8) is 0 Å². The molecule has 0 spiro atoms. The number of anilines is 1. The summed E-state index contributed by atoms with van der Waals surface area (Å²) in [5.74, 6) is 1.73. The molecule has 9 nitrogen and oxygen atoms in total. The summed E-state index contributed by atoms with van der Waals surface area (Å²) >= 11 is 0. The molecule has 9 heteroatoms. The lowest BCUT2D eigenvalue weighted by molar-refractivity contribution is -0.150. The molecule has 1 fully saturated rings.